The number of hydrogen-bond acceptors (Lipinski definition) is 5. The second-order valence-corrected chi connectivity index (χ2v) is 7.96. The van der Waals surface area contributed by atoms with E-state index in [0.29, 0.717) is 24.6 Å². The number of carbonyl (C=O) groups excluding carboxylic acids is 3. The first-order chi connectivity index (χ1) is 13.6. The molecular weight excluding hydrogens is 356 g/mol. The number of fused-ring (bicyclic) bond motifs is 1. The minimum Gasteiger partial charge on any atom is -0.322 e. The van der Waals surface area contributed by atoms with Crippen LogP contribution >= 0.6 is 0 Å². The smallest absolute Gasteiger partial charge is 0.255 e. The van der Waals surface area contributed by atoms with E-state index < -0.39 is 6.04 Å². The van der Waals surface area contributed by atoms with Gasteiger partial charge < -0.3 is 15.5 Å². The van der Waals surface area contributed by atoms with Crippen molar-refractivity contribution in [1.82, 2.24) is 20.9 Å². The summed E-state index contributed by atoms with van der Waals surface area (Å²) in [6.45, 7) is 3.25. The fraction of sp³-hybridized carbons (Fsp3) is 0.571. The van der Waals surface area contributed by atoms with E-state index in [2.05, 4.69) is 16.0 Å². The number of nitrogens with one attached hydrogen (secondary N) is 3. The van der Waals surface area contributed by atoms with Crippen LogP contribution in [0.15, 0.2) is 18.2 Å². The number of imide groups is 1. The second kappa shape index (κ2) is 8.41. The number of benzene rings is 1. The molecule has 1 unspecified atom stereocenters. The molecule has 0 bridgehead atoms. The Labute approximate surface area is 165 Å². The predicted octanol–water partition coefficient (Wildman–Crippen LogP) is 1.07. The fourth-order valence-corrected chi connectivity index (χ4v) is 4.52. The van der Waals surface area contributed by atoms with Gasteiger partial charge in [-0.3, -0.25) is 19.7 Å². The van der Waals surface area contributed by atoms with Gasteiger partial charge in [0.1, 0.15) is 6.04 Å². The number of rotatable bonds is 7. The van der Waals surface area contributed by atoms with E-state index in [1.165, 1.54) is 19.3 Å². The van der Waals surface area contributed by atoms with Gasteiger partial charge in [-0.2, -0.15) is 0 Å². The fourth-order valence-electron chi connectivity index (χ4n) is 4.52. The average Bonchev–Trinajstić information content (AvgIpc) is 3.31. The first-order valence-corrected chi connectivity index (χ1v) is 10.3. The number of hydrogen-bond donors (Lipinski definition) is 3. The highest BCUT2D eigenvalue weighted by Crippen LogP contribution is 2.29. The molecule has 150 valence electrons. The molecule has 3 aliphatic rings. The lowest BCUT2D eigenvalue weighted by Crippen LogP contribution is -2.52. The third-order valence-electron chi connectivity index (χ3n) is 6.06. The Bertz CT molecular complexity index is 773. The quantitative estimate of drug-likeness (QED) is 0.483. The summed E-state index contributed by atoms with van der Waals surface area (Å²) in [7, 11) is 0. The summed E-state index contributed by atoms with van der Waals surface area (Å²) in [4.78, 5) is 38.0. The number of carbonyl (C=O) groups is 3. The summed E-state index contributed by atoms with van der Waals surface area (Å²) in [5.74, 6) is -0.737. The molecule has 2 atom stereocenters. The van der Waals surface area contributed by atoms with Crippen molar-refractivity contribution in [2.75, 3.05) is 13.1 Å². The van der Waals surface area contributed by atoms with Gasteiger partial charge in [-0.1, -0.05) is 12.1 Å². The van der Waals surface area contributed by atoms with Crippen LogP contribution in [0.25, 0.3) is 0 Å². The van der Waals surface area contributed by atoms with Crippen LogP contribution in [0.5, 0.6) is 0 Å². The molecule has 2 fully saturated rings. The number of nitrogens with zero attached hydrogens (tertiary/aromatic N) is 1. The Balaban J connectivity index is 1.34. The van der Waals surface area contributed by atoms with Crippen LogP contribution in [-0.4, -0.2) is 47.8 Å². The van der Waals surface area contributed by atoms with Crippen molar-refractivity contribution in [1.29, 1.82) is 0 Å². The van der Waals surface area contributed by atoms with Crippen molar-refractivity contribution >= 4 is 17.7 Å². The van der Waals surface area contributed by atoms with E-state index in [0.717, 1.165) is 37.2 Å². The van der Waals surface area contributed by atoms with Crippen LogP contribution < -0.4 is 16.0 Å². The van der Waals surface area contributed by atoms with Gasteiger partial charge in [0, 0.05) is 31.1 Å². The van der Waals surface area contributed by atoms with Crippen molar-refractivity contribution in [3.63, 3.8) is 0 Å². The van der Waals surface area contributed by atoms with E-state index in [4.69, 9.17) is 0 Å². The van der Waals surface area contributed by atoms with Gasteiger partial charge in [-0.25, -0.2) is 0 Å². The maximum Gasteiger partial charge on any atom is 0.255 e. The average molecular weight is 384 g/mol. The van der Waals surface area contributed by atoms with E-state index in [1.54, 1.807) is 4.90 Å². The third kappa shape index (κ3) is 3.95. The molecule has 7 heteroatoms. The van der Waals surface area contributed by atoms with Crippen LogP contribution in [0.4, 0.5) is 0 Å². The van der Waals surface area contributed by atoms with Gasteiger partial charge in [-0.05, 0) is 62.4 Å². The molecular formula is C21H28N4O3. The molecule has 0 spiro atoms. The lowest BCUT2D eigenvalue weighted by molar-refractivity contribution is -0.136. The Morgan fingerprint density at radius 2 is 2.07 bits per heavy atom. The molecule has 3 heterocycles. The zero-order valence-corrected chi connectivity index (χ0v) is 16.1. The summed E-state index contributed by atoms with van der Waals surface area (Å²) in [6, 6.07) is 5.90. The summed E-state index contributed by atoms with van der Waals surface area (Å²) < 4.78 is 0. The maximum absolute atomic E-state index is 12.8. The molecule has 1 aromatic rings. The summed E-state index contributed by atoms with van der Waals surface area (Å²) in [5.41, 5.74) is 2.79. The van der Waals surface area contributed by atoms with Crippen molar-refractivity contribution in [2.24, 2.45) is 0 Å². The lowest BCUT2D eigenvalue weighted by atomic mass is 10.0. The number of piperidine rings is 1. The topological polar surface area (TPSA) is 90.5 Å². The molecule has 0 aliphatic carbocycles. The molecule has 0 saturated carbocycles. The molecule has 3 amide bonds. The maximum atomic E-state index is 12.8. The molecule has 3 N–H and O–H groups in total. The summed E-state index contributed by atoms with van der Waals surface area (Å²) >= 11 is 0. The minimum absolute atomic E-state index is 0.112. The molecule has 2 saturated heterocycles. The van der Waals surface area contributed by atoms with Gasteiger partial charge >= 0.3 is 0 Å². The summed E-state index contributed by atoms with van der Waals surface area (Å²) in [5, 5.41) is 9.37. The summed E-state index contributed by atoms with van der Waals surface area (Å²) in [6.07, 6.45) is 5.57. The Hall–Kier alpha value is -2.25. The molecule has 0 aromatic heterocycles. The second-order valence-electron chi connectivity index (χ2n) is 7.96. The van der Waals surface area contributed by atoms with Crippen LogP contribution in [0.1, 0.15) is 60.0 Å². The van der Waals surface area contributed by atoms with Gasteiger partial charge in [0.05, 0.1) is 0 Å². The zero-order valence-electron chi connectivity index (χ0n) is 16.1. The zero-order chi connectivity index (χ0) is 19.5. The minimum atomic E-state index is -0.558. The van der Waals surface area contributed by atoms with Crippen LogP contribution in [0.3, 0.4) is 0 Å². The van der Waals surface area contributed by atoms with Crippen molar-refractivity contribution in [3.05, 3.63) is 34.9 Å². The number of amides is 3. The van der Waals surface area contributed by atoms with Crippen molar-refractivity contribution in [3.8, 4) is 0 Å². The van der Waals surface area contributed by atoms with Gasteiger partial charge in [0.2, 0.25) is 11.8 Å². The highest BCUT2D eigenvalue weighted by molar-refractivity contribution is 6.05. The van der Waals surface area contributed by atoms with E-state index in [-0.39, 0.29) is 24.1 Å². The van der Waals surface area contributed by atoms with Crippen molar-refractivity contribution < 1.29 is 14.4 Å². The largest absolute Gasteiger partial charge is 0.322 e. The normalized spacial score (nSPS) is 24.6. The SMILES string of the molecule is O=C1CCC(N2Cc3c(CNCCC[C@H]4CCCN4)cccc3C2=O)C(=O)N1. The molecule has 7 nitrogen and oxygen atoms in total. The van der Waals surface area contributed by atoms with Crippen LogP contribution in [-0.2, 0) is 22.7 Å². The van der Waals surface area contributed by atoms with E-state index >= 15 is 0 Å². The molecule has 0 radical (unpaired) electrons. The highest BCUT2D eigenvalue weighted by Gasteiger charge is 2.39. The van der Waals surface area contributed by atoms with E-state index in [9.17, 15) is 14.4 Å². The highest BCUT2D eigenvalue weighted by atomic mass is 16.2. The van der Waals surface area contributed by atoms with Gasteiger partial charge in [-0.15, -0.1) is 0 Å². The Morgan fingerprint density at radius 1 is 1.18 bits per heavy atom. The molecule has 4 rings (SSSR count). The van der Waals surface area contributed by atoms with Gasteiger partial charge in [0.25, 0.3) is 5.91 Å². The first-order valence-electron chi connectivity index (χ1n) is 10.3. The van der Waals surface area contributed by atoms with Crippen LogP contribution in [0, 0.1) is 0 Å². The monoisotopic (exact) mass is 384 g/mol. The molecule has 3 aliphatic heterocycles. The van der Waals surface area contributed by atoms with Gasteiger partial charge in [0.15, 0.2) is 0 Å². The lowest BCUT2D eigenvalue weighted by Gasteiger charge is -2.29. The standard InChI is InChI=1S/C21H28N4O3/c26-19-9-8-18(20(27)24-19)25-13-17-14(4-1-7-16(17)21(25)28)12-22-10-2-5-15-6-3-11-23-15/h1,4,7,15,18,22-23H,2-3,5-6,8-13H2,(H,24,26,27)/t15-,18?/m0/s1. The molecule has 1 aromatic carbocycles. The Morgan fingerprint density at radius 3 is 2.86 bits per heavy atom. The first kappa shape index (κ1) is 19.1. The molecule has 28 heavy (non-hydrogen) atoms. The third-order valence-corrected chi connectivity index (χ3v) is 6.06. The Kier molecular flexibility index (Phi) is 5.73. The van der Waals surface area contributed by atoms with Crippen molar-refractivity contribution in [2.45, 2.75) is 63.7 Å². The predicted molar refractivity (Wildman–Crippen MR) is 104 cm³/mol. The van der Waals surface area contributed by atoms with Crippen LogP contribution in [0.2, 0.25) is 0 Å². The van der Waals surface area contributed by atoms with E-state index in [1.807, 2.05) is 18.2 Å².